The Labute approximate surface area is 202 Å². The third-order valence-electron chi connectivity index (χ3n) is 8.72. The molecule has 4 nitrogen and oxygen atoms in total. The lowest BCUT2D eigenvalue weighted by Gasteiger charge is -2.44. The lowest BCUT2D eigenvalue weighted by atomic mass is 9.60. The molecule has 1 aromatic rings. The van der Waals surface area contributed by atoms with Crippen molar-refractivity contribution < 1.29 is 15.0 Å². The van der Waals surface area contributed by atoms with Crippen LogP contribution < -0.4 is 0 Å². The molecule has 4 rings (SSSR count). The molecule has 3 aliphatic carbocycles. The minimum absolute atomic E-state index is 0.183. The number of aromatic nitrogens is 1. The number of thiazole rings is 1. The van der Waals surface area contributed by atoms with Crippen molar-refractivity contribution in [1.82, 2.24) is 4.98 Å². The molecule has 2 N–H and O–H groups in total. The number of allylic oxidation sites excluding steroid dienone is 3. The first kappa shape index (κ1) is 24.6. The molecule has 0 aliphatic heterocycles. The maximum atomic E-state index is 12.3. The van der Waals surface area contributed by atoms with Crippen molar-refractivity contribution in [2.24, 2.45) is 23.2 Å². The summed E-state index contributed by atoms with van der Waals surface area (Å²) < 4.78 is 0. The van der Waals surface area contributed by atoms with Gasteiger partial charge >= 0.3 is 0 Å². The van der Waals surface area contributed by atoms with E-state index in [1.54, 1.807) is 6.20 Å². The van der Waals surface area contributed by atoms with Gasteiger partial charge in [0.25, 0.3) is 0 Å². The smallest absolute Gasteiger partial charge is 0.191 e. The van der Waals surface area contributed by atoms with Crippen LogP contribution in [0.2, 0.25) is 0 Å². The zero-order chi connectivity index (χ0) is 23.6. The molecular formula is C28H39NO3S. The van der Waals surface area contributed by atoms with Crippen LogP contribution in [0.3, 0.4) is 0 Å². The van der Waals surface area contributed by atoms with Crippen LogP contribution in [-0.2, 0) is 0 Å². The first-order valence-corrected chi connectivity index (χ1v) is 13.5. The molecule has 0 radical (unpaired) electrons. The number of carbonyl (C=O) groups is 1. The van der Waals surface area contributed by atoms with Gasteiger partial charge in [0.2, 0.25) is 0 Å². The third kappa shape index (κ3) is 5.26. The quantitative estimate of drug-likeness (QED) is 0.462. The fraction of sp³-hybridized carbons (Fsp3) is 0.643. The Balaban J connectivity index is 1.39. The molecule has 1 aromatic heterocycles. The first-order valence-electron chi connectivity index (χ1n) is 12.7. The number of hydrogen-bond donors (Lipinski definition) is 2. The highest BCUT2D eigenvalue weighted by atomic mass is 32.1. The molecule has 180 valence electrons. The van der Waals surface area contributed by atoms with E-state index in [0.29, 0.717) is 47.4 Å². The van der Waals surface area contributed by atoms with E-state index in [9.17, 15) is 15.0 Å². The predicted molar refractivity (Wildman–Crippen MR) is 134 cm³/mol. The average molecular weight is 470 g/mol. The van der Waals surface area contributed by atoms with Gasteiger partial charge in [-0.05, 0) is 85.7 Å². The molecule has 0 bridgehead atoms. The van der Waals surface area contributed by atoms with Gasteiger partial charge in [0.05, 0.1) is 12.2 Å². The summed E-state index contributed by atoms with van der Waals surface area (Å²) in [4.78, 5) is 16.5. The molecule has 0 amide bonds. The Hall–Kier alpha value is -1.56. The van der Waals surface area contributed by atoms with Crippen LogP contribution in [-0.4, -0.2) is 33.2 Å². The van der Waals surface area contributed by atoms with Gasteiger partial charge in [-0.2, -0.15) is 0 Å². The second-order valence-corrected chi connectivity index (χ2v) is 11.7. The van der Waals surface area contributed by atoms with Crippen molar-refractivity contribution in [3.8, 4) is 0 Å². The molecular weight excluding hydrogens is 430 g/mol. The van der Waals surface area contributed by atoms with E-state index in [1.807, 2.05) is 5.38 Å². The molecule has 33 heavy (non-hydrogen) atoms. The highest BCUT2D eigenvalue weighted by molar-refractivity contribution is 7.11. The van der Waals surface area contributed by atoms with Gasteiger partial charge in [-0.3, -0.25) is 4.79 Å². The summed E-state index contributed by atoms with van der Waals surface area (Å²) in [6, 6.07) is 0. The summed E-state index contributed by atoms with van der Waals surface area (Å²) in [6.45, 7) is 8.95. The molecule has 0 spiro atoms. The van der Waals surface area contributed by atoms with Crippen LogP contribution in [0, 0.1) is 23.2 Å². The maximum absolute atomic E-state index is 12.3. The van der Waals surface area contributed by atoms with E-state index >= 15 is 0 Å². The Bertz CT molecular complexity index is 918. The molecule has 6 atom stereocenters. The van der Waals surface area contributed by atoms with E-state index in [4.69, 9.17) is 0 Å². The number of ketones is 1. The summed E-state index contributed by atoms with van der Waals surface area (Å²) in [5.41, 5.74) is 3.62. The van der Waals surface area contributed by atoms with E-state index in [0.717, 1.165) is 30.4 Å². The summed E-state index contributed by atoms with van der Waals surface area (Å²) in [7, 11) is 0. The molecule has 2 unspecified atom stereocenters. The Kier molecular flexibility index (Phi) is 7.72. The average Bonchev–Trinajstić information content (AvgIpc) is 3.43. The van der Waals surface area contributed by atoms with Gasteiger partial charge in [0.15, 0.2) is 10.8 Å². The highest BCUT2D eigenvalue weighted by Gasteiger charge is 2.50. The van der Waals surface area contributed by atoms with Crippen LogP contribution in [0.1, 0.15) is 87.9 Å². The predicted octanol–water partition coefficient (Wildman–Crippen LogP) is 6.27. The van der Waals surface area contributed by atoms with Gasteiger partial charge < -0.3 is 10.2 Å². The van der Waals surface area contributed by atoms with Gasteiger partial charge in [0.1, 0.15) is 0 Å². The molecule has 5 heteroatoms. The van der Waals surface area contributed by atoms with Crippen molar-refractivity contribution in [1.29, 1.82) is 0 Å². The third-order valence-corrected chi connectivity index (χ3v) is 9.54. The van der Waals surface area contributed by atoms with Crippen molar-refractivity contribution >= 4 is 17.1 Å². The Morgan fingerprint density at radius 3 is 2.94 bits per heavy atom. The zero-order valence-corrected chi connectivity index (χ0v) is 20.9. The van der Waals surface area contributed by atoms with Crippen molar-refractivity contribution in [2.45, 2.75) is 90.3 Å². The maximum Gasteiger partial charge on any atom is 0.191 e. The topological polar surface area (TPSA) is 70.4 Å². The standard InChI is InChI=1S/C28H39NO3S/c1-18(6-4-8-25(31)27-29-14-15-33-27)23-11-12-24-20(7-5-13-28(23,24)3)9-10-21-16-22(30)17-26(32)19(21)2/h9-10,14-15,18,22-24,26,30,32H,2,4-8,11-13,16-17H2,1,3H3/b20-9-,21-10+/t18?,22-,23-,24?,26-,28-/m1/s1. The molecule has 3 fully saturated rings. The fourth-order valence-corrected chi connectivity index (χ4v) is 7.54. The number of aliphatic hydroxyl groups is 2. The Morgan fingerprint density at radius 2 is 2.18 bits per heavy atom. The van der Waals surface area contributed by atoms with Gasteiger partial charge in [-0.25, -0.2) is 4.98 Å². The lowest BCUT2D eigenvalue weighted by Crippen LogP contribution is -2.36. The minimum Gasteiger partial charge on any atom is -0.393 e. The molecule has 0 saturated heterocycles. The number of rotatable bonds is 7. The summed E-state index contributed by atoms with van der Waals surface area (Å²) in [6.07, 6.45) is 14.8. The summed E-state index contributed by atoms with van der Waals surface area (Å²) in [5.74, 6) is 2.11. The van der Waals surface area contributed by atoms with E-state index < -0.39 is 12.2 Å². The van der Waals surface area contributed by atoms with Gasteiger partial charge in [-0.15, -0.1) is 11.3 Å². The highest BCUT2D eigenvalue weighted by Crippen LogP contribution is 2.59. The lowest BCUT2D eigenvalue weighted by molar-refractivity contribution is 0.0859. The van der Waals surface area contributed by atoms with Crippen LogP contribution >= 0.6 is 11.3 Å². The number of aliphatic hydroxyl groups excluding tert-OH is 2. The minimum atomic E-state index is -0.630. The number of Topliss-reactive ketones (excluding diaryl/α,β-unsaturated/α-hetero) is 1. The van der Waals surface area contributed by atoms with Crippen LogP contribution in [0.25, 0.3) is 0 Å². The normalized spacial score (nSPS) is 35.7. The van der Waals surface area contributed by atoms with Gasteiger partial charge in [-0.1, -0.05) is 38.2 Å². The molecule has 1 heterocycles. The van der Waals surface area contributed by atoms with Crippen molar-refractivity contribution in [3.05, 3.63) is 52.0 Å². The van der Waals surface area contributed by atoms with Crippen molar-refractivity contribution in [2.75, 3.05) is 0 Å². The van der Waals surface area contributed by atoms with E-state index in [2.05, 4.69) is 37.6 Å². The molecule has 3 aliphatic rings. The molecule has 3 saturated carbocycles. The number of hydrogen-bond acceptors (Lipinski definition) is 5. The Morgan fingerprint density at radius 1 is 1.36 bits per heavy atom. The van der Waals surface area contributed by atoms with E-state index in [1.165, 1.54) is 42.6 Å². The second-order valence-electron chi connectivity index (χ2n) is 10.8. The first-order chi connectivity index (χ1) is 15.8. The largest absolute Gasteiger partial charge is 0.393 e. The van der Waals surface area contributed by atoms with Gasteiger partial charge in [0, 0.05) is 24.4 Å². The number of fused-ring (bicyclic) bond motifs is 1. The summed E-state index contributed by atoms with van der Waals surface area (Å²) in [5, 5.41) is 22.7. The van der Waals surface area contributed by atoms with Crippen LogP contribution in [0.4, 0.5) is 0 Å². The summed E-state index contributed by atoms with van der Waals surface area (Å²) >= 11 is 1.44. The van der Waals surface area contributed by atoms with Crippen LogP contribution in [0.15, 0.2) is 47.0 Å². The van der Waals surface area contributed by atoms with Crippen LogP contribution in [0.5, 0.6) is 0 Å². The monoisotopic (exact) mass is 469 g/mol. The zero-order valence-electron chi connectivity index (χ0n) is 20.1. The van der Waals surface area contributed by atoms with E-state index in [-0.39, 0.29) is 5.78 Å². The molecule has 0 aromatic carbocycles. The fourth-order valence-electron chi connectivity index (χ4n) is 6.93. The van der Waals surface area contributed by atoms with Crippen molar-refractivity contribution in [3.63, 3.8) is 0 Å². The second kappa shape index (κ2) is 10.4. The number of nitrogens with zero attached hydrogens (tertiary/aromatic N) is 1. The SMILES string of the molecule is C=C1/C(=C/C=C2/CCC[C@@]3(C)C2CC[C@@H]3C(C)CCCC(=O)c2nccs2)C[C@@H](O)C[C@H]1O. The number of carbonyl (C=O) groups excluding carboxylic acids is 1.